The Morgan fingerprint density at radius 1 is 1.53 bits per heavy atom. The van der Waals surface area contributed by atoms with E-state index in [4.69, 9.17) is 15.6 Å². The van der Waals surface area contributed by atoms with Crippen molar-refractivity contribution >= 4 is 5.95 Å². The molecule has 1 aliphatic heterocycles. The smallest absolute Gasteiger partial charge is 0.255 e. The largest absolute Gasteiger partial charge is 0.394 e. The van der Waals surface area contributed by atoms with Crippen LogP contribution in [0.3, 0.4) is 0 Å². The summed E-state index contributed by atoms with van der Waals surface area (Å²) in [7, 11) is 0. The van der Waals surface area contributed by atoms with Gasteiger partial charge in [-0.3, -0.25) is 9.78 Å². The third-order valence-electron chi connectivity index (χ3n) is 3.13. The number of ether oxygens (including phenoxy) is 1. The molecule has 1 aromatic rings. The molecule has 9 nitrogen and oxygen atoms in total. The molecule has 2 rings (SSSR count). The number of hydrogen-bond acceptors (Lipinski definition) is 8. The molecule has 0 saturated carbocycles. The van der Waals surface area contributed by atoms with Crippen molar-refractivity contribution in [2.24, 2.45) is 0 Å². The average molecular weight is 273 g/mol. The molecule has 0 amide bonds. The first kappa shape index (κ1) is 13.9. The number of nitrogens with zero attached hydrogens (tertiary/aromatic N) is 1. The van der Waals surface area contributed by atoms with Gasteiger partial charge in [0.05, 0.1) is 6.61 Å². The fraction of sp³-hybridized carbons (Fsp3) is 0.600. The molecule has 0 aliphatic carbocycles. The van der Waals surface area contributed by atoms with Crippen LogP contribution in [0.5, 0.6) is 0 Å². The van der Waals surface area contributed by atoms with Gasteiger partial charge in [0.1, 0.15) is 24.0 Å². The van der Waals surface area contributed by atoms with E-state index in [2.05, 4.69) is 9.97 Å². The average Bonchev–Trinajstić information content (AvgIpc) is 2.59. The lowest BCUT2D eigenvalue weighted by atomic mass is 10.00. The Labute approximate surface area is 107 Å². The summed E-state index contributed by atoms with van der Waals surface area (Å²) in [5, 5.41) is 38.8. The number of nitrogens with one attached hydrogen (secondary N) is 1. The van der Waals surface area contributed by atoms with Crippen molar-refractivity contribution in [2.75, 3.05) is 12.3 Å². The number of aliphatic hydroxyl groups is 4. The minimum Gasteiger partial charge on any atom is -0.394 e. The molecule has 2 heterocycles. The highest BCUT2D eigenvalue weighted by Gasteiger charge is 2.56. The summed E-state index contributed by atoms with van der Waals surface area (Å²) in [4.78, 5) is 17.5. The van der Waals surface area contributed by atoms with E-state index < -0.39 is 36.3 Å². The van der Waals surface area contributed by atoms with Crippen LogP contribution in [0.1, 0.15) is 11.3 Å². The van der Waals surface area contributed by atoms with Crippen molar-refractivity contribution in [1.29, 1.82) is 0 Å². The summed E-state index contributed by atoms with van der Waals surface area (Å²) in [6.07, 6.45) is -4.48. The Balaban J connectivity index is 2.55. The van der Waals surface area contributed by atoms with Crippen LogP contribution in [-0.4, -0.2) is 55.3 Å². The van der Waals surface area contributed by atoms with Gasteiger partial charge in [0, 0.05) is 5.56 Å². The van der Waals surface area contributed by atoms with Gasteiger partial charge in [-0.25, -0.2) is 4.98 Å². The van der Waals surface area contributed by atoms with E-state index in [9.17, 15) is 20.1 Å². The van der Waals surface area contributed by atoms with E-state index in [1.165, 1.54) is 6.92 Å². The number of aromatic amines is 1. The molecule has 0 bridgehead atoms. The third kappa shape index (κ3) is 2.01. The summed E-state index contributed by atoms with van der Waals surface area (Å²) < 4.78 is 5.03. The van der Waals surface area contributed by atoms with Gasteiger partial charge in [0.15, 0.2) is 0 Å². The van der Waals surface area contributed by atoms with Crippen LogP contribution in [0, 0.1) is 6.92 Å². The van der Waals surface area contributed by atoms with Gasteiger partial charge in [0.2, 0.25) is 11.7 Å². The van der Waals surface area contributed by atoms with E-state index in [0.29, 0.717) is 0 Å². The van der Waals surface area contributed by atoms with Gasteiger partial charge < -0.3 is 30.9 Å². The number of aliphatic hydroxyl groups excluding tert-OH is 3. The molecule has 106 valence electrons. The van der Waals surface area contributed by atoms with Gasteiger partial charge in [-0.05, 0) is 6.92 Å². The van der Waals surface area contributed by atoms with Crippen molar-refractivity contribution in [1.82, 2.24) is 9.97 Å². The highest BCUT2D eigenvalue weighted by molar-refractivity contribution is 5.29. The van der Waals surface area contributed by atoms with Crippen molar-refractivity contribution in [3.63, 3.8) is 0 Å². The number of nitrogen functional groups attached to an aromatic ring is 1. The molecular weight excluding hydrogens is 258 g/mol. The Hall–Kier alpha value is -1.52. The molecular formula is C10H15N3O6. The van der Waals surface area contributed by atoms with E-state index in [0.717, 1.165) is 0 Å². The first-order chi connectivity index (χ1) is 8.81. The number of rotatable bonds is 2. The number of aromatic nitrogens is 2. The molecule has 1 saturated heterocycles. The Morgan fingerprint density at radius 2 is 2.16 bits per heavy atom. The normalized spacial score (nSPS) is 34.7. The molecule has 1 aromatic heterocycles. The molecule has 0 spiro atoms. The lowest BCUT2D eigenvalue weighted by Crippen LogP contribution is -2.43. The summed E-state index contributed by atoms with van der Waals surface area (Å²) in [6, 6.07) is 0. The number of hydrogen-bond donors (Lipinski definition) is 6. The molecule has 19 heavy (non-hydrogen) atoms. The maximum Gasteiger partial charge on any atom is 0.255 e. The predicted octanol–water partition coefficient (Wildman–Crippen LogP) is -3.08. The topological polar surface area (TPSA) is 162 Å². The molecule has 9 heteroatoms. The van der Waals surface area contributed by atoms with Crippen LogP contribution >= 0.6 is 0 Å². The Kier molecular flexibility index (Phi) is 3.32. The summed E-state index contributed by atoms with van der Waals surface area (Å²) in [5.74, 6) is -2.67. The summed E-state index contributed by atoms with van der Waals surface area (Å²) >= 11 is 0. The van der Waals surface area contributed by atoms with Crippen LogP contribution in [0.4, 0.5) is 5.95 Å². The van der Waals surface area contributed by atoms with Gasteiger partial charge in [-0.2, -0.15) is 0 Å². The second kappa shape index (κ2) is 4.54. The highest BCUT2D eigenvalue weighted by Crippen LogP contribution is 2.37. The van der Waals surface area contributed by atoms with E-state index in [1.54, 1.807) is 0 Å². The second-order valence-electron chi connectivity index (χ2n) is 4.40. The molecule has 7 N–H and O–H groups in total. The first-order valence-electron chi connectivity index (χ1n) is 5.55. The number of nitrogens with two attached hydrogens (primary N) is 1. The minimum atomic E-state index is -2.40. The fourth-order valence-electron chi connectivity index (χ4n) is 2.04. The van der Waals surface area contributed by atoms with Gasteiger partial charge in [-0.15, -0.1) is 0 Å². The van der Waals surface area contributed by atoms with Crippen LogP contribution in [0.2, 0.25) is 0 Å². The van der Waals surface area contributed by atoms with Gasteiger partial charge in [0.25, 0.3) is 5.56 Å². The number of anilines is 1. The maximum atomic E-state index is 11.6. The third-order valence-corrected chi connectivity index (χ3v) is 3.13. The van der Waals surface area contributed by atoms with E-state index in [-0.39, 0.29) is 17.2 Å². The Bertz CT molecular complexity index is 547. The zero-order valence-electron chi connectivity index (χ0n) is 10.1. The van der Waals surface area contributed by atoms with E-state index in [1.807, 2.05) is 0 Å². The van der Waals surface area contributed by atoms with Crippen molar-refractivity contribution in [2.45, 2.75) is 31.0 Å². The van der Waals surface area contributed by atoms with E-state index >= 15 is 0 Å². The van der Waals surface area contributed by atoms with Gasteiger partial charge in [-0.1, -0.05) is 0 Å². The summed E-state index contributed by atoms with van der Waals surface area (Å²) in [5.41, 5.74) is 4.46. The molecule has 1 aliphatic rings. The highest BCUT2D eigenvalue weighted by atomic mass is 16.7. The minimum absolute atomic E-state index is 0.0125. The second-order valence-corrected chi connectivity index (χ2v) is 4.40. The van der Waals surface area contributed by atoms with Crippen LogP contribution in [-0.2, 0) is 10.5 Å². The zero-order chi connectivity index (χ0) is 14.4. The van der Waals surface area contributed by atoms with Crippen LogP contribution < -0.4 is 11.3 Å². The first-order valence-corrected chi connectivity index (χ1v) is 5.55. The Morgan fingerprint density at radius 3 is 2.68 bits per heavy atom. The lowest BCUT2D eigenvalue weighted by molar-refractivity contribution is -0.242. The monoisotopic (exact) mass is 273 g/mol. The van der Waals surface area contributed by atoms with Crippen LogP contribution in [0.25, 0.3) is 0 Å². The lowest BCUT2D eigenvalue weighted by Gasteiger charge is -2.26. The molecule has 0 radical (unpaired) electrons. The standard InChI is InChI=1S/C10H15N3O6/c1-3-6(12-9(11)13-8(3)17)10(18)7(16)5(15)4(2-14)19-10/h4-5,7,14-16,18H,2H2,1H3,(H3,11,12,13,17)/t4-,5-,7-,10-/m1/s1. The molecule has 0 aromatic carbocycles. The van der Waals surface area contributed by atoms with Crippen molar-refractivity contribution < 1.29 is 25.2 Å². The molecule has 1 fully saturated rings. The molecule has 0 unspecified atom stereocenters. The fourth-order valence-corrected chi connectivity index (χ4v) is 2.04. The number of H-pyrrole nitrogens is 1. The SMILES string of the molecule is Cc1c([C@@]2(O)O[C@H](CO)[C@@H](O)[C@H]2O)nc(N)[nH]c1=O. The van der Waals surface area contributed by atoms with Gasteiger partial charge >= 0.3 is 0 Å². The zero-order valence-corrected chi connectivity index (χ0v) is 10.1. The van der Waals surface area contributed by atoms with Crippen LogP contribution in [0.15, 0.2) is 4.79 Å². The summed E-state index contributed by atoms with van der Waals surface area (Å²) in [6.45, 7) is 0.742. The maximum absolute atomic E-state index is 11.6. The van der Waals surface area contributed by atoms with Crippen molar-refractivity contribution in [3.05, 3.63) is 21.6 Å². The molecule has 4 atom stereocenters. The quantitative estimate of drug-likeness (QED) is 0.330. The van der Waals surface area contributed by atoms with Crippen molar-refractivity contribution in [3.8, 4) is 0 Å². The predicted molar refractivity (Wildman–Crippen MR) is 61.9 cm³/mol.